The molecule has 3 heteroatoms. The number of aromatic amines is 1. The number of aliphatic hydroxyl groups is 1. The highest BCUT2D eigenvalue weighted by Gasteiger charge is 2.03. The molecule has 0 amide bonds. The number of aromatic nitrogens is 1. The van der Waals surface area contributed by atoms with E-state index < -0.39 is 0 Å². The number of nitriles is 1. The maximum atomic E-state index is 8.98. The van der Waals surface area contributed by atoms with E-state index in [4.69, 9.17) is 10.4 Å². The molecule has 1 aromatic carbocycles. The number of rotatable bonds is 2. The lowest BCUT2D eigenvalue weighted by Gasteiger charge is -1.97. The van der Waals surface area contributed by atoms with E-state index in [2.05, 4.69) is 11.1 Å². The molecule has 70 valence electrons. The lowest BCUT2D eigenvalue weighted by atomic mass is 10.1. The fraction of sp³-hybridized carbons (Fsp3) is 0.182. The predicted octanol–water partition coefficient (Wildman–Crippen LogP) is 1.73. The van der Waals surface area contributed by atoms with Gasteiger partial charge in [0.1, 0.15) is 0 Å². The van der Waals surface area contributed by atoms with Crippen molar-refractivity contribution in [2.24, 2.45) is 0 Å². The Morgan fingerprint density at radius 2 is 2.29 bits per heavy atom. The maximum Gasteiger partial charge on any atom is 0.0682 e. The molecule has 0 bridgehead atoms. The Kier molecular flexibility index (Phi) is 2.21. The summed E-state index contributed by atoms with van der Waals surface area (Å²) in [6.45, 7) is 0.0348. The van der Waals surface area contributed by atoms with Crippen molar-refractivity contribution in [3.8, 4) is 6.07 Å². The molecule has 0 atom stereocenters. The van der Waals surface area contributed by atoms with Crippen LogP contribution in [-0.2, 0) is 13.0 Å². The number of hydrogen-bond donors (Lipinski definition) is 2. The van der Waals surface area contributed by atoms with Gasteiger partial charge in [-0.1, -0.05) is 6.07 Å². The molecular formula is C11H10N2O. The second kappa shape index (κ2) is 3.52. The molecule has 1 aromatic heterocycles. The van der Waals surface area contributed by atoms with Crippen molar-refractivity contribution in [3.63, 3.8) is 0 Å². The molecular weight excluding hydrogens is 176 g/mol. The molecule has 0 aliphatic heterocycles. The molecule has 0 saturated heterocycles. The Labute approximate surface area is 81.6 Å². The molecule has 0 aliphatic carbocycles. The lowest BCUT2D eigenvalue weighted by Crippen LogP contribution is -1.83. The Balaban J connectivity index is 2.59. The van der Waals surface area contributed by atoms with E-state index in [1.54, 1.807) is 0 Å². The first-order valence-corrected chi connectivity index (χ1v) is 4.42. The van der Waals surface area contributed by atoms with Gasteiger partial charge in [-0.2, -0.15) is 5.26 Å². The Hall–Kier alpha value is -1.79. The normalized spacial score (nSPS) is 10.3. The minimum absolute atomic E-state index is 0.0348. The first-order chi connectivity index (χ1) is 6.85. The van der Waals surface area contributed by atoms with Gasteiger partial charge in [-0.05, 0) is 23.3 Å². The molecule has 0 unspecified atom stereocenters. The summed E-state index contributed by atoms with van der Waals surface area (Å²) in [4.78, 5) is 3.09. The number of H-pyrrole nitrogens is 1. The van der Waals surface area contributed by atoms with Crippen molar-refractivity contribution < 1.29 is 5.11 Å². The van der Waals surface area contributed by atoms with E-state index in [-0.39, 0.29) is 6.61 Å². The third-order valence-corrected chi connectivity index (χ3v) is 2.28. The SMILES string of the molecule is N#CCc1c[nH]c2ccc(CO)cc12. The van der Waals surface area contributed by atoms with Gasteiger partial charge in [-0.3, -0.25) is 0 Å². The minimum atomic E-state index is 0.0348. The van der Waals surface area contributed by atoms with Crippen LogP contribution in [0.1, 0.15) is 11.1 Å². The van der Waals surface area contributed by atoms with E-state index in [0.717, 1.165) is 22.0 Å². The van der Waals surface area contributed by atoms with Gasteiger partial charge in [0.2, 0.25) is 0 Å². The molecule has 2 rings (SSSR count). The van der Waals surface area contributed by atoms with Crippen molar-refractivity contribution in [2.75, 3.05) is 0 Å². The number of aliphatic hydroxyl groups excluding tert-OH is 1. The molecule has 0 saturated carbocycles. The average Bonchev–Trinajstić information content (AvgIpc) is 2.61. The monoisotopic (exact) mass is 186 g/mol. The summed E-state index contributed by atoms with van der Waals surface area (Å²) in [5, 5.41) is 18.6. The van der Waals surface area contributed by atoms with Crippen molar-refractivity contribution in [2.45, 2.75) is 13.0 Å². The Morgan fingerprint density at radius 1 is 1.43 bits per heavy atom. The van der Waals surface area contributed by atoms with Gasteiger partial charge in [0, 0.05) is 17.1 Å². The standard InChI is InChI=1S/C11H10N2O/c12-4-3-9-6-13-11-2-1-8(7-14)5-10(9)11/h1-2,5-6,13-14H,3,7H2. The molecule has 1 heterocycles. The van der Waals surface area contributed by atoms with Gasteiger partial charge in [-0.25, -0.2) is 0 Å². The number of nitrogens with zero attached hydrogens (tertiary/aromatic N) is 1. The van der Waals surface area contributed by atoms with E-state index in [1.807, 2.05) is 24.4 Å². The van der Waals surface area contributed by atoms with Crippen molar-refractivity contribution in [1.29, 1.82) is 5.26 Å². The van der Waals surface area contributed by atoms with Gasteiger partial charge >= 0.3 is 0 Å². The molecule has 2 N–H and O–H groups in total. The van der Waals surface area contributed by atoms with Crippen LogP contribution in [-0.4, -0.2) is 10.1 Å². The maximum absolute atomic E-state index is 8.98. The summed E-state index contributed by atoms with van der Waals surface area (Å²) >= 11 is 0. The van der Waals surface area contributed by atoms with Crippen molar-refractivity contribution in [1.82, 2.24) is 4.98 Å². The molecule has 0 fully saturated rings. The second-order valence-corrected chi connectivity index (χ2v) is 3.19. The van der Waals surface area contributed by atoms with Gasteiger partial charge < -0.3 is 10.1 Å². The molecule has 2 aromatic rings. The molecule has 0 aliphatic rings. The lowest BCUT2D eigenvalue weighted by molar-refractivity contribution is 0.282. The molecule has 0 spiro atoms. The number of hydrogen-bond acceptors (Lipinski definition) is 2. The van der Waals surface area contributed by atoms with E-state index in [1.165, 1.54) is 0 Å². The zero-order valence-electron chi connectivity index (χ0n) is 7.62. The summed E-state index contributed by atoms with van der Waals surface area (Å²) in [5.74, 6) is 0. The number of benzene rings is 1. The zero-order chi connectivity index (χ0) is 9.97. The smallest absolute Gasteiger partial charge is 0.0682 e. The van der Waals surface area contributed by atoms with E-state index >= 15 is 0 Å². The van der Waals surface area contributed by atoms with Crippen LogP contribution < -0.4 is 0 Å². The molecule has 14 heavy (non-hydrogen) atoms. The number of fused-ring (bicyclic) bond motifs is 1. The number of nitrogens with one attached hydrogen (secondary N) is 1. The predicted molar refractivity (Wildman–Crippen MR) is 53.5 cm³/mol. The quantitative estimate of drug-likeness (QED) is 0.750. The highest BCUT2D eigenvalue weighted by molar-refractivity contribution is 5.84. The first kappa shape index (κ1) is 8.79. The fourth-order valence-electron chi connectivity index (χ4n) is 1.56. The zero-order valence-corrected chi connectivity index (χ0v) is 7.62. The van der Waals surface area contributed by atoms with Crippen LogP contribution in [0.3, 0.4) is 0 Å². The van der Waals surface area contributed by atoms with Crippen LogP contribution in [0.2, 0.25) is 0 Å². The minimum Gasteiger partial charge on any atom is -0.392 e. The summed E-state index contributed by atoms with van der Waals surface area (Å²) in [7, 11) is 0. The van der Waals surface area contributed by atoms with Crippen LogP contribution in [0, 0.1) is 11.3 Å². The highest BCUT2D eigenvalue weighted by Crippen LogP contribution is 2.20. The highest BCUT2D eigenvalue weighted by atomic mass is 16.3. The van der Waals surface area contributed by atoms with Crippen LogP contribution in [0.4, 0.5) is 0 Å². The van der Waals surface area contributed by atoms with Gasteiger partial charge in [0.15, 0.2) is 0 Å². The Bertz CT molecular complexity index is 493. The summed E-state index contributed by atoms with van der Waals surface area (Å²) in [6.07, 6.45) is 2.24. The van der Waals surface area contributed by atoms with Crippen LogP contribution in [0.25, 0.3) is 10.9 Å². The Morgan fingerprint density at radius 3 is 3.00 bits per heavy atom. The van der Waals surface area contributed by atoms with Crippen LogP contribution in [0.5, 0.6) is 0 Å². The van der Waals surface area contributed by atoms with Crippen LogP contribution >= 0.6 is 0 Å². The average molecular weight is 186 g/mol. The van der Waals surface area contributed by atoms with Gasteiger partial charge in [0.25, 0.3) is 0 Å². The summed E-state index contributed by atoms with van der Waals surface area (Å²) in [6, 6.07) is 7.82. The van der Waals surface area contributed by atoms with Crippen molar-refractivity contribution in [3.05, 3.63) is 35.5 Å². The first-order valence-electron chi connectivity index (χ1n) is 4.42. The summed E-state index contributed by atoms with van der Waals surface area (Å²) < 4.78 is 0. The molecule has 0 radical (unpaired) electrons. The van der Waals surface area contributed by atoms with Gasteiger partial charge in [0.05, 0.1) is 19.1 Å². The van der Waals surface area contributed by atoms with Crippen molar-refractivity contribution >= 4 is 10.9 Å². The van der Waals surface area contributed by atoms with Crippen LogP contribution in [0.15, 0.2) is 24.4 Å². The fourth-order valence-corrected chi connectivity index (χ4v) is 1.56. The molecule has 3 nitrogen and oxygen atoms in total. The van der Waals surface area contributed by atoms with E-state index in [9.17, 15) is 0 Å². The van der Waals surface area contributed by atoms with Gasteiger partial charge in [-0.15, -0.1) is 0 Å². The largest absolute Gasteiger partial charge is 0.392 e. The van der Waals surface area contributed by atoms with E-state index in [0.29, 0.717) is 6.42 Å². The third kappa shape index (κ3) is 1.36. The topological polar surface area (TPSA) is 59.8 Å². The third-order valence-electron chi connectivity index (χ3n) is 2.28. The summed E-state index contributed by atoms with van der Waals surface area (Å²) in [5.41, 5.74) is 2.86. The second-order valence-electron chi connectivity index (χ2n) is 3.19.